The van der Waals surface area contributed by atoms with Gasteiger partial charge in [0.2, 0.25) is 11.6 Å². The smallest absolute Gasteiger partial charge is 0.237 e. The van der Waals surface area contributed by atoms with Gasteiger partial charge in [-0.05, 0) is 59.0 Å². The first-order valence-electron chi connectivity index (χ1n) is 6.60. The van der Waals surface area contributed by atoms with Gasteiger partial charge >= 0.3 is 0 Å². The van der Waals surface area contributed by atoms with Gasteiger partial charge in [0, 0.05) is 3.57 Å². The molecule has 6 nitrogen and oxygen atoms in total. The van der Waals surface area contributed by atoms with Crippen LogP contribution in [0.1, 0.15) is 0 Å². The molecule has 0 fully saturated rings. The number of hydrazone groups is 1. The second kappa shape index (κ2) is 6.87. The molecule has 116 valence electrons. The summed E-state index contributed by atoms with van der Waals surface area (Å²) in [6.07, 6.45) is 0. The molecular formula is C16H7ClIN5O. The van der Waals surface area contributed by atoms with Gasteiger partial charge in [-0.2, -0.15) is 15.6 Å². The normalized spacial score (nSPS) is 10.0. The van der Waals surface area contributed by atoms with Crippen LogP contribution in [0.4, 0.5) is 5.69 Å². The predicted octanol–water partition coefficient (Wildman–Crippen LogP) is 4.57. The molecule has 1 heterocycles. The van der Waals surface area contributed by atoms with Crippen molar-refractivity contribution in [3.63, 3.8) is 0 Å². The van der Waals surface area contributed by atoms with Crippen LogP contribution in [0.25, 0.3) is 22.6 Å². The minimum absolute atomic E-state index is 0.262. The summed E-state index contributed by atoms with van der Waals surface area (Å²) < 4.78 is 6.77. The molecule has 0 radical (unpaired) electrons. The van der Waals surface area contributed by atoms with Crippen LogP contribution in [-0.4, -0.2) is 10.7 Å². The van der Waals surface area contributed by atoms with Crippen LogP contribution < -0.4 is 5.43 Å². The number of nitrogens with one attached hydrogen (secondary N) is 1. The van der Waals surface area contributed by atoms with Gasteiger partial charge in [0.05, 0.1) is 16.3 Å². The highest BCUT2D eigenvalue weighted by molar-refractivity contribution is 14.1. The Labute approximate surface area is 155 Å². The maximum absolute atomic E-state index is 8.67. The van der Waals surface area contributed by atoms with Crippen LogP contribution >= 0.6 is 34.2 Å². The number of rotatable bonds is 3. The third-order valence-corrected chi connectivity index (χ3v) is 4.06. The van der Waals surface area contributed by atoms with Gasteiger partial charge in [0.1, 0.15) is 17.7 Å². The van der Waals surface area contributed by atoms with E-state index in [4.69, 9.17) is 26.5 Å². The van der Waals surface area contributed by atoms with E-state index in [2.05, 4.69) is 38.1 Å². The summed E-state index contributed by atoms with van der Waals surface area (Å²) >= 11 is 8.40. The molecule has 8 heteroatoms. The summed E-state index contributed by atoms with van der Waals surface area (Å²) in [5, 5.41) is 21.6. The predicted molar refractivity (Wildman–Crippen MR) is 99.5 cm³/mol. The number of benzene rings is 2. The van der Waals surface area contributed by atoms with Gasteiger partial charge in [0.15, 0.2) is 5.58 Å². The summed E-state index contributed by atoms with van der Waals surface area (Å²) in [4.78, 5) is 4.44. The summed E-state index contributed by atoms with van der Waals surface area (Å²) in [6, 6.07) is 14.1. The van der Waals surface area contributed by atoms with E-state index in [1.807, 2.05) is 12.1 Å². The molecular weight excluding hydrogens is 441 g/mol. The van der Waals surface area contributed by atoms with E-state index in [1.165, 1.54) is 0 Å². The van der Waals surface area contributed by atoms with Crippen molar-refractivity contribution < 1.29 is 4.42 Å². The molecule has 0 saturated heterocycles. The van der Waals surface area contributed by atoms with Gasteiger partial charge in [-0.15, -0.1) is 0 Å². The third-order valence-electron chi connectivity index (χ3n) is 3.05. The largest absolute Gasteiger partial charge is 0.436 e. The minimum Gasteiger partial charge on any atom is -0.436 e. The number of fused-ring (bicyclic) bond motifs is 1. The monoisotopic (exact) mass is 447 g/mol. The molecule has 0 unspecified atom stereocenters. The molecule has 0 atom stereocenters. The number of nitriles is 2. The van der Waals surface area contributed by atoms with Crippen molar-refractivity contribution in [3.05, 3.63) is 45.0 Å². The number of oxazole rings is 1. The molecule has 24 heavy (non-hydrogen) atoms. The molecule has 0 spiro atoms. The lowest BCUT2D eigenvalue weighted by Crippen LogP contribution is -1.95. The topological polar surface area (TPSA) is 98.0 Å². The Hall–Kier alpha value is -2.62. The van der Waals surface area contributed by atoms with Crippen molar-refractivity contribution in [2.24, 2.45) is 5.10 Å². The summed E-state index contributed by atoms with van der Waals surface area (Å²) in [5.74, 6) is 0.420. The molecule has 2 aromatic carbocycles. The lowest BCUT2D eigenvalue weighted by molar-refractivity contribution is 0.620. The van der Waals surface area contributed by atoms with Crippen LogP contribution in [0.2, 0.25) is 5.02 Å². The van der Waals surface area contributed by atoms with E-state index in [-0.39, 0.29) is 5.71 Å². The third kappa shape index (κ3) is 3.32. The van der Waals surface area contributed by atoms with Gasteiger partial charge < -0.3 is 4.42 Å². The van der Waals surface area contributed by atoms with E-state index in [0.717, 1.165) is 3.57 Å². The zero-order valence-corrected chi connectivity index (χ0v) is 14.8. The van der Waals surface area contributed by atoms with Gasteiger partial charge in [0.25, 0.3) is 0 Å². The van der Waals surface area contributed by atoms with Crippen molar-refractivity contribution in [2.75, 3.05) is 5.43 Å². The first-order chi connectivity index (χ1) is 11.6. The number of hydrogen-bond donors (Lipinski definition) is 1. The van der Waals surface area contributed by atoms with E-state index < -0.39 is 0 Å². The fourth-order valence-electron chi connectivity index (χ4n) is 1.97. The van der Waals surface area contributed by atoms with Crippen molar-refractivity contribution in [3.8, 4) is 23.6 Å². The van der Waals surface area contributed by atoms with Gasteiger partial charge in [-0.1, -0.05) is 11.6 Å². The Morgan fingerprint density at radius 3 is 2.75 bits per heavy atom. The average Bonchev–Trinajstić information content (AvgIpc) is 3.01. The summed E-state index contributed by atoms with van der Waals surface area (Å²) in [6.45, 7) is 0. The Bertz CT molecular complexity index is 1030. The Morgan fingerprint density at radius 1 is 1.21 bits per heavy atom. The van der Waals surface area contributed by atoms with E-state index in [0.29, 0.717) is 33.3 Å². The molecule has 0 saturated carbocycles. The van der Waals surface area contributed by atoms with Crippen LogP contribution in [0.15, 0.2) is 45.9 Å². The molecule has 1 aromatic heterocycles. The summed E-state index contributed by atoms with van der Waals surface area (Å²) in [7, 11) is 0. The lowest BCUT2D eigenvalue weighted by Gasteiger charge is -1.99. The Balaban J connectivity index is 1.98. The molecule has 0 aliphatic carbocycles. The maximum atomic E-state index is 8.67. The molecule has 0 aliphatic heterocycles. The zero-order chi connectivity index (χ0) is 17.1. The highest BCUT2D eigenvalue weighted by Gasteiger charge is 2.12. The highest BCUT2D eigenvalue weighted by atomic mass is 127. The SMILES string of the molecule is N#CC(C#N)=NNc1ccc2oc(-c3cc(I)ccc3Cl)nc2c1. The quantitative estimate of drug-likeness (QED) is 0.360. The molecule has 0 aliphatic rings. The van der Waals surface area contributed by atoms with E-state index >= 15 is 0 Å². The fraction of sp³-hybridized carbons (Fsp3) is 0. The maximum Gasteiger partial charge on any atom is 0.237 e. The first kappa shape index (κ1) is 16.2. The molecule has 3 aromatic rings. The van der Waals surface area contributed by atoms with E-state index in [9.17, 15) is 0 Å². The van der Waals surface area contributed by atoms with Gasteiger partial charge in [-0.25, -0.2) is 4.98 Å². The number of anilines is 1. The highest BCUT2D eigenvalue weighted by Crippen LogP contribution is 2.32. The van der Waals surface area contributed by atoms with Crippen molar-refractivity contribution in [2.45, 2.75) is 0 Å². The summed E-state index contributed by atoms with van der Waals surface area (Å²) in [5.41, 5.74) is 4.87. The van der Waals surface area contributed by atoms with Crippen molar-refractivity contribution >= 4 is 56.7 Å². The average molecular weight is 448 g/mol. The second-order valence-electron chi connectivity index (χ2n) is 4.62. The second-order valence-corrected chi connectivity index (χ2v) is 6.27. The van der Waals surface area contributed by atoms with Crippen LogP contribution in [0.3, 0.4) is 0 Å². The lowest BCUT2D eigenvalue weighted by atomic mass is 10.2. The van der Waals surface area contributed by atoms with E-state index in [1.54, 1.807) is 36.4 Å². The fourth-order valence-corrected chi connectivity index (χ4v) is 2.66. The Morgan fingerprint density at radius 2 is 2.00 bits per heavy atom. The number of hydrogen-bond acceptors (Lipinski definition) is 6. The van der Waals surface area contributed by atoms with Crippen LogP contribution in [0.5, 0.6) is 0 Å². The van der Waals surface area contributed by atoms with Crippen molar-refractivity contribution in [1.29, 1.82) is 10.5 Å². The minimum atomic E-state index is -0.262. The molecule has 0 amide bonds. The number of nitrogens with zero attached hydrogens (tertiary/aromatic N) is 4. The van der Waals surface area contributed by atoms with Gasteiger partial charge in [-0.3, -0.25) is 5.43 Å². The van der Waals surface area contributed by atoms with Crippen LogP contribution in [-0.2, 0) is 0 Å². The number of halogens is 2. The zero-order valence-electron chi connectivity index (χ0n) is 11.9. The standard InChI is InChI=1S/C16H7ClIN5O/c17-13-3-1-9(18)5-12(13)16-21-14-6-10(2-4-15(14)24-16)22-23-11(7-19)8-20/h1-6,22H. The number of aromatic nitrogens is 1. The molecule has 1 N–H and O–H groups in total. The van der Waals surface area contributed by atoms with Crippen LogP contribution in [0, 0.1) is 26.2 Å². The molecule has 0 bridgehead atoms. The Kier molecular flexibility index (Phi) is 4.65. The molecule has 3 rings (SSSR count). The van der Waals surface area contributed by atoms with Crippen molar-refractivity contribution in [1.82, 2.24) is 4.98 Å². The first-order valence-corrected chi connectivity index (χ1v) is 8.06.